The van der Waals surface area contributed by atoms with Crippen LogP contribution in [0.3, 0.4) is 0 Å². The summed E-state index contributed by atoms with van der Waals surface area (Å²) >= 11 is 0. The molecule has 1 rings (SSSR count). The van der Waals surface area contributed by atoms with Gasteiger partial charge in [-0.1, -0.05) is 0 Å². The number of benzene rings is 1. The second-order valence-corrected chi connectivity index (χ2v) is 5.19. The molecule has 0 aliphatic heterocycles. The van der Waals surface area contributed by atoms with Crippen molar-refractivity contribution in [2.24, 2.45) is 5.73 Å². The number of nitrogens with two attached hydrogens (primary N) is 1. The fourth-order valence-electron chi connectivity index (χ4n) is 1.42. The van der Waals surface area contributed by atoms with Crippen molar-refractivity contribution in [3.05, 3.63) is 23.8 Å². The van der Waals surface area contributed by atoms with Crippen LogP contribution in [0.4, 0.5) is 10.5 Å². The Labute approximate surface area is 107 Å². The van der Waals surface area contributed by atoms with E-state index in [4.69, 9.17) is 10.5 Å². The predicted molar refractivity (Wildman–Crippen MR) is 70.6 cm³/mol. The van der Waals surface area contributed by atoms with Crippen LogP contribution in [0.15, 0.2) is 18.2 Å². The number of phenols is 1. The average Bonchev–Trinajstić information content (AvgIpc) is 2.17. The number of hydrogen-bond acceptors (Lipinski definition) is 4. The van der Waals surface area contributed by atoms with Gasteiger partial charge in [0, 0.05) is 17.3 Å². The van der Waals surface area contributed by atoms with E-state index in [2.05, 4.69) is 5.32 Å². The largest absolute Gasteiger partial charge is 0.508 e. The quantitative estimate of drug-likeness (QED) is 0.706. The number of hydrogen-bond donors (Lipinski definition) is 3. The predicted octanol–water partition coefficient (Wildman–Crippen LogP) is 2.76. The van der Waals surface area contributed by atoms with Crippen molar-refractivity contribution in [3.8, 4) is 5.75 Å². The normalized spacial score (nSPS) is 12.9. The van der Waals surface area contributed by atoms with Crippen molar-refractivity contribution in [1.29, 1.82) is 0 Å². The van der Waals surface area contributed by atoms with E-state index in [9.17, 15) is 9.90 Å². The van der Waals surface area contributed by atoms with Gasteiger partial charge in [-0.2, -0.15) is 0 Å². The zero-order valence-electron chi connectivity index (χ0n) is 11.2. The lowest BCUT2D eigenvalue weighted by Crippen LogP contribution is -2.27. The lowest BCUT2D eigenvalue weighted by atomic mass is 10.1. The van der Waals surface area contributed by atoms with E-state index in [1.807, 2.05) is 0 Å². The van der Waals surface area contributed by atoms with Gasteiger partial charge < -0.3 is 15.6 Å². The second kappa shape index (κ2) is 5.27. The molecule has 1 aromatic carbocycles. The van der Waals surface area contributed by atoms with Crippen LogP contribution in [0.2, 0.25) is 0 Å². The lowest BCUT2D eigenvalue weighted by molar-refractivity contribution is 0.0636. The molecule has 0 bridgehead atoms. The van der Waals surface area contributed by atoms with Crippen LogP contribution in [-0.2, 0) is 4.74 Å². The monoisotopic (exact) mass is 252 g/mol. The van der Waals surface area contributed by atoms with Crippen LogP contribution in [0.1, 0.15) is 39.3 Å². The van der Waals surface area contributed by atoms with Crippen LogP contribution in [0.5, 0.6) is 5.75 Å². The molecule has 0 heterocycles. The maximum atomic E-state index is 11.6. The molecule has 0 aromatic heterocycles. The Kier molecular flexibility index (Phi) is 4.19. The molecular formula is C13H20N2O3. The highest BCUT2D eigenvalue weighted by Gasteiger charge is 2.16. The fourth-order valence-corrected chi connectivity index (χ4v) is 1.42. The summed E-state index contributed by atoms with van der Waals surface area (Å²) in [6.45, 7) is 7.12. The summed E-state index contributed by atoms with van der Waals surface area (Å²) in [5.41, 5.74) is 6.27. The number of aromatic hydroxyl groups is 1. The van der Waals surface area contributed by atoms with Gasteiger partial charge in [0.15, 0.2) is 0 Å². The van der Waals surface area contributed by atoms with Gasteiger partial charge in [0.1, 0.15) is 11.4 Å². The zero-order valence-corrected chi connectivity index (χ0v) is 11.2. The van der Waals surface area contributed by atoms with Crippen molar-refractivity contribution in [3.63, 3.8) is 0 Å². The Balaban J connectivity index is 2.80. The topological polar surface area (TPSA) is 84.6 Å². The molecule has 0 saturated carbocycles. The van der Waals surface area contributed by atoms with Gasteiger partial charge in [-0.05, 0) is 45.9 Å². The number of carbonyl (C=O) groups excluding carboxylic acids is 1. The SMILES string of the molecule is C[C@@H](N)c1cc(NC(=O)OC(C)(C)C)ccc1O. The molecule has 1 aromatic rings. The van der Waals surface area contributed by atoms with Crippen molar-refractivity contribution in [2.75, 3.05) is 5.32 Å². The maximum absolute atomic E-state index is 11.6. The van der Waals surface area contributed by atoms with E-state index >= 15 is 0 Å². The molecule has 4 N–H and O–H groups in total. The highest BCUT2D eigenvalue weighted by molar-refractivity contribution is 5.85. The Morgan fingerprint density at radius 2 is 2.06 bits per heavy atom. The Morgan fingerprint density at radius 3 is 2.56 bits per heavy atom. The van der Waals surface area contributed by atoms with Gasteiger partial charge >= 0.3 is 6.09 Å². The molecule has 100 valence electrons. The molecular weight excluding hydrogens is 232 g/mol. The van der Waals surface area contributed by atoms with Gasteiger partial charge in [0.2, 0.25) is 0 Å². The summed E-state index contributed by atoms with van der Waals surface area (Å²) in [6.07, 6.45) is -0.538. The van der Waals surface area contributed by atoms with Gasteiger partial charge in [-0.3, -0.25) is 5.32 Å². The summed E-state index contributed by atoms with van der Waals surface area (Å²) < 4.78 is 5.13. The standard InChI is InChI=1S/C13H20N2O3/c1-8(14)10-7-9(5-6-11(10)16)15-12(17)18-13(2,3)4/h5-8,16H,14H2,1-4H3,(H,15,17)/t8-/m1/s1. The minimum absolute atomic E-state index is 0.111. The van der Waals surface area contributed by atoms with E-state index in [0.717, 1.165) is 0 Å². The van der Waals surface area contributed by atoms with Gasteiger partial charge in [-0.15, -0.1) is 0 Å². The van der Waals surface area contributed by atoms with Gasteiger partial charge in [0.25, 0.3) is 0 Å². The second-order valence-electron chi connectivity index (χ2n) is 5.19. The maximum Gasteiger partial charge on any atom is 0.412 e. The third kappa shape index (κ3) is 4.25. The molecule has 5 heteroatoms. The summed E-state index contributed by atoms with van der Waals surface area (Å²) in [7, 11) is 0. The summed E-state index contributed by atoms with van der Waals surface area (Å²) in [6, 6.07) is 4.39. The van der Waals surface area contributed by atoms with Crippen LogP contribution >= 0.6 is 0 Å². The lowest BCUT2D eigenvalue weighted by Gasteiger charge is -2.20. The van der Waals surface area contributed by atoms with Crippen molar-refractivity contribution >= 4 is 11.8 Å². The minimum Gasteiger partial charge on any atom is -0.508 e. The molecule has 5 nitrogen and oxygen atoms in total. The molecule has 18 heavy (non-hydrogen) atoms. The molecule has 1 amide bonds. The molecule has 1 atom stereocenters. The number of nitrogens with one attached hydrogen (secondary N) is 1. The number of ether oxygens (including phenoxy) is 1. The summed E-state index contributed by atoms with van der Waals surface area (Å²) in [4.78, 5) is 11.6. The first-order chi connectivity index (χ1) is 8.19. The molecule has 0 aliphatic carbocycles. The minimum atomic E-state index is -0.551. The van der Waals surface area contributed by atoms with Gasteiger partial charge in [-0.25, -0.2) is 4.79 Å². The van der Waals surface area contributed by atoms with E-state index in [0.29, 0.717) is 11.3 Å². The molecule has 0 saturated heterocycles. The number of amides is 1. The van der Waals surface area contributed by atoms with Crippen molar-refractivity contribution in [2.45, 2.75) is 39.3 Å². The third-order valence-corrected chi connectivity index (χ3v) is 2.16. The highest BCUT2D eigenvalue weighted by atomic mass is 16.6. The summed E-state index contributed by atoms with van der Waals surface area (Å²) in [5, 5.41) is 12.2. The van der Waals surface area contributed by atoms with E-state index < -0.39 is 11.7 Å². The molecule has 0 radical (unpaired) electrons. The molecule has 0 fully saturated rings. The first kappa shape index (κ1) is 14.3. The van der Waals surface area contributed by atoms with Crippen LogP contribution in [0.25, 0.3) is 0 Å². The molecule has 0 unspecified atom stereocenters. The van der Waals surface area contributed by atoms with E-state index in [-0.39, 0.29) is 11.8 Å². The van der Waals surface area contributed by atoms with Crippen LogP contribution in [0, 0.1) is 0 Å². The van der Waals surface area contributed by atoms with E-state index in [1.54, 1.807) is 39.8 Å². The fraction of sp³-hybridized carbons (Fsp3) is 0.462. The number of carbonyl (C=O) groups is 1. The number of anilines is 1. The Morgan fingerprint density at radius 1 is 1.44 bits per heavy atom. The highest BCUT2D eigenvalue weighted by Crippen LogP contribution is 2.26. The van der Waals surface area contributed by atoms with Crippen molar-refractivity contribution < 1.29 is 14.6 Å². The van der Waals surface area contributed by atoms with Crippen LogP contribution < -0.4 is 11.1 Å². The number of rotatable bonds is 2. The van der Waals surface area contributed by atoms with Gasteiger partial charge in [0.05, 0.1) is 0 Å². The number of phenolic OH excluding ortho intramolecular Hbond substituents is 1. The first-order valence-corrected chi connectivity index (χ1v) is 5.77. The summed E-state index contributed by atoms with van der Waals surface area (Å²) in [5.74, 6) is 0.111. The average molecular weight is 252 g/mol. The molecule has 0 aliphatic rings. The Bertz CT molecular complexity index is 436. The molecule has 0 spiro atoms. The first-order valence-electron chi connectivity index (χ1n) is 5.77. The van der Waals surface area contributed by atoms with Crippen molar-refractivity contribution in [1.82, 2.24) is 0 Å². The third-order valence-electron chi connectivity index (χ3n) is 2.16. The van der Waals surface area contributed by atoms with Crippen LogP contribution in [-0.4, -0.2) is 16.8 Å². The Hall–Kier alpha value is -1.75. The van der Waals surface area contributed by atoms with E-state index in [1.165, 1.54) is 6.07 Å². The zero-order chi connectivity index (χ0) is 13.9. The smallest absolute Gasteiger partial charge is 0.412 e.